The Morgan fingerprint density at radius 1 is 0.971 bits per heavy atom. The molecule has 2 amide bonds. The van der Waals surface area contributed by atoms with E-state index in [-0.39, 0.29) is 30.9 Å². The summed E-state index contributed by atoms with van der Waals surface area (Å²) in [4.78, 5) is 42.8. The van der Waals surface area contributed by atoms with E-state index in [4.69, 9.17) is 4.84 Å². The zero-order valence-electron chi connectivity index (χ0n) is 18.6. The fourth-order valence-electron chi connectivity index (χ4n) is 3.24. The lowest BCUT2D eigenvalue weighted by Gasteiger charge is -2.25. The van der Waals surface area contributed by atoms with Crippen LogP contribution < -0.4 is 5.32 Å². The van der Waals surface area contributed by atoms with Gasteiger partial charge in [-0.05, 0) is 34.9 Å². The summed E-state index contributed by atoms with van der Waals surface area (Å²) < 4.78 is 13.3. The second-order valence-corrected chi connectivity index (χ2v) is 7.55. The Morgan fingerprint density at radius 2 is 1.68 bits per heavy atom. The number of hydrogen-bond donors (Lipinski definition) is 2. The fourth-order valence-corrected chi connectivity index (χ4v) is 3.24. The Labute approximate surface area is 196 Å². The topological polar surface area (TPSA) is 95.9 Å². The zero-order valence-corrected chi connectivity index (χ0v) is 18.6. The molecule has 0 aliphatic heterocycles. The van der Waals surface area contributed by atoms with Crippen molar-refractivity contribution in [3.05, 3.63) is 107 Å². The first-order chi connectivity index (χ1) is 16.4. The number of ketones is 1. The van der Waals surface area contributed by atoms with Crippen LogP contribution >= 0.6 is 0 Å². The number of carbonyl (C=O) groups excluding carboxylic acids is 2. The number of urea groups is 1. The van der Waals surface area contributed by atoms with Gasteiger partial charge in [0.2, 0.25) is 0 Å². The van der Waals surface area contributed by atoms with Crippen molar-refractivity contribution in [3.63, 3.8) is 0 Å². The van der Waals surface area contributed by atoms with Crippen LogP contribution in [-0.4, -0.2) is 28.0 Å². The number of hydrogen-bond acceptors (Lipinski definition) is 4. The van der Waals surface area contributed by atoms with Crippen molar-refractivity contribution in [3.8, 4) is 0 Å². The van der Waals surface area contributed by atoms with Crippen molar-refractivity contribution in [2.24, 2.45) is 0 Å². The van der Waals surface area contributed by atoms with E-state index in [0.29, 0.717) is 11.1 Å². The maximum Gasteiger partial charge on any atom is 0.342 e. The van der Waals surface area contributed by atoms with Gasteiger partial charge in [0.15, 0.2) is 11.8 Å². The number of carboxylic acids is 1. The third kappa shape index (κ3) is 6.73. The number of carboxylic acid groups (broad SMARTS) is 1. The molecule has 7 nitrogen and oxygen atoms in total. The van der Waals surface area contributed by atoms with Crippen LogP contribution in [0.5, 0.6) is 0 Å². The molecule has 0 saturated carbocycles. The van der Waals surface area contributed by atoms with E-state index in [1.807, 2.05) is 30.3 Å². The summed E-state index contributed by atoms with van der Waals surface area (Å²) in [5, 5.41) is 13.2. The Morgan fingerprint density at radius 3 is 2.32 bits per heavy atom. The molecule has 0 aliphatic rings. The molecule has 0 fully saturated rings. The lowest BCUT2D eigenvalue weighted by atomic mass is 10.0. The summed E-state index contributed by atoms with van der Waals surface area (Å²) in [5.74, 6) is -1.85. The summed E-state index contributed by atoms with van der Waals surface area (Å²) in [5.41, 5.74) is 2.01. The van der Waals surface area contributed by atoms with Crippen LogP contribution in [0, 0.1) is 5.82 Å². The molecule has 176 valence electrons. The van der Waals surface area contributed by atoms with Crippen molar-refractivity contribution in [1.29, 1.82) is 0 Å². The van der Waals surface area contributed by atoms with Gasteiger partial charge in [-0.25, -0.2) is 14.0 Å². The minimum absolute atomic E-state index is 0.0420. The Balaban J connectivity index is 1.81. The van der Waals surface area contributed by atoms with E-state index < -0.39 is 23.9 Å². The van der Waals surface area contributed by atoms with Gasteiger partial charge in [-0.2, -0.15) is 5.06 Å². The normalized spacial score (nSPS) is 11.5. The van der Waals surface area contributed by atoms with Crippen LogP contribution in [0.1, 0.15) is 46.4 Å². The first-order valence-corrected chi connectivity index (χ1v) is 10.7. The monoisotopic (exact) mass is 464 g/mol. The summed E-state index contributed by atoms with van der Waals surface area (Å²) in [7, 11) is 0. The molecule has 8 heteroatoms. The van der Waals surface area contributed by atoms with Crippen molar-refractivity contribution >= 4 is 17.8 Å². The van der Waals surface area contributed by atoms with E-state index in [1.54, 1.807) is 19.1 Å². The molecule has 3 aromatic carbocycles. The number of carbonyl (C=O) groups is 3. The molecule has 34 heavy (non-hydrogen) atoms. The molecule has 3 aromatic rings. The molecule has 0 spiro atoms. The van der Waals surface area contributed by atoms with Gasteiger partial charge in [0.05, 0.1) is 6.54 Å². The van der Waals surface area contributed by atoms with E-state index >= 15 is 0 Å². The molecule has 0 bridgehead atoms. The first kappa shape index (κ1) is 24.6. The van der Waals surface area contributed by atoms with E-state index in [2.05, 4.69) is 5.32 Å². The van der Waals surface area contributed by atoms with Gasteiger partial charge in [-0.1, -0.05) is 67.6 Å². The highest BCUT2D eigenvalue weighted by molar-refractivity contribution is 5.96. The molecule has 0 aromatic heterocycles. The molecule has 0 aliphatic carbocycles. The van der Waals surface area contributed by atoms with Gasteiger partial charge >= 0.3 is 12.0 Å². The van der Waals surface area contributed by atoms with Crippen molar-refractivity contribution in [2.75, 3.05) is 0 Å². The van der Waals surface area contributed by atoms with E-state index in [0.717, 1.165) is 10.6 Å². The number of benzene rings is 3. The average molecular weight is 464 g/mol. The zero-order chi connectivity index (χ0) is 24.5. The van der Waals surface area contributed by atoms with Gasteiger partial charge in [-0.15, -0.1) is 0 Å². The van der Waals surface area contributed by atoms with Crippen LogP contribution in [0.4, 0.5) is 9.18 Å². The van der Waals surface area contributed by atoms with Crippen molar-refractivity contribution in [1.82, 2.24) is 10.4 Å². The van der Waals surface area contributed by atoms with Crippen LogP contribution in [0.2, 0.25) is 0 Å². The number of aliphatic carboxylic acids is 1. The van der Waals surface area contributed by atoms with Crippen LogP contribution in [0.15, 0.2) is 78.9 Å². The van der Waals surface area contributed by atoms with E-state index in [1.165, 1.54) is 36.4 Å². The molecular formula is C26H25FN2O5. The van der Waals surface area contributed by atoms with Gasteiger partial charge in [-0.3, -0.25) is 9.63 Å². The molecular weight excluding hydrogens is 439 g/mol. The number of Topliss-reactive ketones (excluding diaryl/α,β-unsaturated/α-hetero) is 1. The number of hydroxylamine groups is 2. The second kappa shape index (κ2) is 11.7. The lowest BCUT2D eigenvalue weighted by molar-refractivity contribution is -0.143. The maximum atomic E-state index is 13.3. The Bertz CT molecular complexity index is 1140. The minimum Gasteiger partial charge on any atom is -0.479 e. The predicted octanol–water partition coefficient (Wildman–Crippen LogP) is 4.89. The number of nitrogens with zero attached hydrogens (tertiary/aromatic N) is 1. The molecule has 0 radical (unpaired) electrons. The lowest BCUT2D eigenvalue weighted by Crippen LogP contribution is -2.43. The fraction of sp³-hybridized carbons (Fsp3) is 0.192. The number of amides is 2. The highest BCUT2D eigenvalue weighted by atomic mass is 19.1. The van der Waals surface area contributed by atoms with Gasteiger partial charge in [0.25, 0.3) is 0 Å². The minimum atomic E-state index is -1.41. The molecule has 0 heterocycles. The SMILES string of the molecule is CCC(=O)c1cccc(C(NC(=O)N(Cc2ccc(F)cc2)OCc2ccccc2)C(=O)O)c1. The summed E-state index contributed by atoms with van der Waals surface area (Å²) in [6, 6.07) is 18.7. The summed E-state index contributed by atoms with van der Waals surface area (Å²) >= 11 is 0. The Kier molecular flexibility index (Phi) is 8.48. The average Bonchev–Trinajstić information content (AvgIpc) is 2.86. The summed E-state index contributed by atoms with van der Waals surface area (Å²) in [6.45, 7) is 1.73. The van der Waals surface area contributed by atoms with Gasteiger partial charge in [0, 0.05) is 12.0 Å². The van der Waals surface area contributed by atoms with Crippen molar-refractivity contribution in [2.45, 2.75) is 32.5 Å². The quantitative estimate of drug-likeness (QED) is 0.329. The highest BCUT2D eigenvalue weighted by Gasteiger charge is 2.26. The van der Waals surface area contributed by atoms with Crippen molar-refractivity contribution < 1.29 is 28.7 Å². The third-order valence-electron chi connectivity index (χ3n) is 5.07. The molecule has 0 saturated heterocycles. The largest absolute Gasteiger partial charge is 0.479 e. The highest BCUT2D eigenvalue weighted by Crippen LogP contribution is 2.18. The number of nitrogens with one attached hydrogen (secondary N) is 1. The standard InChI is InChI=1S/C26H25FN2O5/c1-2-23(30)20-9-6-10-21(15-20)24(25(31)32)28-26(33)29(16-18-11-13-22(27)14-12-18)34-17-19-7-4-3-5-8-19/h3-15,24H,2,16-17H2,1H3,(H,28,33)(H,31,32). The number of rotatable bonds is 10. The second-order valence-electron chi connectivity index (χ2n) is 7.55. The molecule has 2 N–H and O–H groups in total. The Hall–Kier alpha value is -4.04. The third-order valence-corrected chi connectivity index (χ3v) is 5.07. The van der Waals surface area contributed by atoms with Crippen LogP contribution in [-0.2, 0) is 22.8 Å². The van der Waals surface area contributed by atoms with E-state index in [9.17, 15) is 23.9 Å². The molecule has 1 atom stereocenters. The number of halogens is 1. The molecule has 1 unspecified atom stereocenters. The van der Waals surface area contributed by atoms with Gasteiger partial charge < -0.3 is 10.4 Å². The predicted molar refractivity (Wildman–Crippen MR) is 123 cm³/mol. The summed E-state index contributed by atoms with van der Waals surface area (Å²) in [6.07, 6.45) is 0.270. The smallest absolute Gasteiger partial charge is 0.342 e. The van der Waals surface area contributed by atoms with Crippen LogP contribution in [0.3, 0.4) is 0 Å². The van der Waals surface area contributed by atoms with Gasteiger partial charge in [0.1, 0.15) is 12.4 Å². The molecule has 3 rings (SSSR count). The van der Waals surface area contributed by atoms with Crippen LogP contribution in [0.25, 0.3) is 0 Å². The maximum absolute atomic E-state index is 13.3. The first-order valence-electron chi connectivity index (χ1n) is 10.7.